The van der Waals surface area contributed by atoms with Gasteiger partial charge in [0.25, 0.3) is 5.91 Å². The SMILES string of the molecule is O=C(NC1CCN(Cc2ccccc2)CC1)c1ccc(-c2ccc(Cl)cc2)o1. The molecule has 0 saturated carbocycles. The lowest BCUT2D eigenvalue weighted by Gasteiger charge is -2.32. The number of carbonyl (C=O) groups excluding carboxylic acids is 1. The number of furan rings is 1. The third-order valence-corrected chi connectivity index (χ3v) is 5.38. The minimum atomic E-state index is -0.151. The summed E-state index contributed by atoms with van der Waals surface area (Å²) in [6.45, 7) is 2.92. The topological polar surface area (TPSA) is 45.5 Å². The number of piperidine rings is 1. The Hall–Kier alpha value is -2.56. The zero-order valence-corrected chi connectivity index (χ0v) is 16.4. The number of halogens is 1. The lowest BCUT2D eigenvalue weighted by atomic mass is 10.0. The number of nitrogens with one attached hydrogen (secondary N) is 1. The third kappa shape index (κ3) is 4.64. The molecule has 0 unspecified atom stereocenters. The van der Waals surface area contributed by atoms with E-state index >= 15 is 0 Å². The Bertz CT molecular complexity index is 913. The van der Waals surface area contributed by atoms with Crippen LogP contribution in [0.3, 0.4) is 0 Å². The van der Waals surface area contributed by atoms with Gasteiger partial charge in [0.1, 0.15) is 5.76 Å². The van der Waals surface area contributed by atoms with E-state index in [-0.39, 0.29) is 11.9 Å². The van der Waals surface area contributed by atoms with E-state index in [0.717, 1.165) is 38.0 Å². The average molecular weight is 395 g/mol. The minimum absolute atomic E-state index is 0.151. The molecule has 4 rings (SSSR count). The van der Waals surface area contributed by atoms with Crippen LogP contribution in [-0.4, -0.2) is 29.9 Å². The maximum atomic E-state index is 12.5. The van der Waals surface area contributed by atoms with Crippen molar-refractivity contribution in [1.82, 2.24) is 10.2 Å². The number of carbonyl (C=O) groups is 1. The van der Waals surface area contributed by atoms with Crippen LogP contribution in [0.15, 0.2) is 71.1 Å². The second-order valence-corrected chi connectivity index (χ2v) is 7.62. The molecule has 2 heterocycles. The molecule has 4 nitrogen and oxygen atoms in total. The highest BCUT2D eigenvalue weighted by Crippen LogP contribution is 2.24. The van der Waals surface area contributed by atoms with Crippen molar-refractivity contribution < 1.29 is 9.21 Å². The molecule has 1 N–H and O–H groups in total. The van der Waals surface area contributed by atoms with Crippen LogP contribution >= 0.6 is 11.6 Å². The predicted octanol–water partition coefficient (Wildman–Crippen LogP) is 4.99. The Morgan fingerprint density at radius 1 is 1.00 bits per heavy atom. The van der Waals surface area contributed by atoms with Crippen LogP contribution in [-0.2, 0) is 6.54 Å². The van der Waals surface area contributed by atoms with Crippen molar-refractivity contribution in [2.45, 2.75) is 25.4 Å². The fourth-order valence-corrected chi connectivity index (χ4v) is 3.69. The molecule has 1 saturated heterocycles. The summed E-state index contributed by atoms with van der Waals surface area (Å²) >= 11 is 5.92. The van der Waals surface area contributed by atoms with Crippen molar-refractivity contribution in [2.24, 2.45) is 0 Å². The Balaban J connectivity index is 1.29. The molecule has 0 aliphatic carbocycles. The highest BCUT2D eigenvalue weighted by Gasteiger charge is 2.22. The molecule has 1 aliphatic rings. The summed E-state index contributed by atoms with van der Waals surface area (Å²) in [4.78, 5) is 15.0. The van der Waals surface area contributed by atoms with E-state index in [1.54, 1.807) is 6.07 Å². The molecular formula is C23H23ClN2O2. The number of hydrogen-bond donors (Lipinski definition) is 1. The number of likely N-dealkylation sites (tertiary alicyclic amines) is 1. The summed E-state index contributed by atoms with van der Waals surface area (Å²) in [5, 5.41) is 3.79. The molecule has 0 spiro atoms. The van der Waals surface area contributed by atoms with Gasteiger partial charge in [0.15, 0.2) is 5.76 Å². The second kappa shape index (κ2) is 8.63. The highest BCUT2D eigenvalue weighted by molar-refractivity contribution is 6.30. The molecule has 1 aromatic heterocycles. The van der Waals surface area contributed by atoms with Gasteiger partial charge in [-0.3, -0.25) is 9.69 Å². The zero-order valence-electron chi connectivity index (χ0n) is 15.6. The molecule has 144 valence electrons. The van der Waals surface area contributed by atoms with Crippen LogP contribution in [0.25, 0.3) is 11.3 Å². The third-order valence-electron chi connectivity index (χ3n) is 5.13. The Labute approximate surface area is 170 Å². The normalized spacial score (nSPS) is 15.5. The maximum absolute atomic E-state index is 12.5. The van der Waals surface area contributed by atoms with E-state index in [0.29, 0.717) is 16.5 Å². The molecule has 2 aromatic carbocycles. The van der Waals surface area contributed by atoms with Crippen LogP contribution in [0.2, 0.25) is 5.02 Å². The Kier molecular flexibility index (Phi) is 5.79. The molecule has 5 heteroatoms. The van der Waals surface area contributed by atoms with Gasteiger partial charge >= 0.3 is 0 Å². The first kappa shape index (κ1) is 18.8. The van der Waals surface area contributed by atoms with Crippen molar-refractivity contribution >= 4 is 17.5 Å². The van der Waals surface area contributed by atoms with E-state index in [9.17, 15) is 4.79 Å². The largest absolute Gasteiger partial charge is 0.451 e. The lowest BCUT2D eigenvalue weighted by Crippen LogP contribution is -2.44. The van der Waals surface area contributed by atoms with Gasteiger partial charge in [-0.25, -0.2) is 0 Å². The number of benzene rings is 2. The molecule has 0 radical (unpaired) electrons. The van der Waals surface area contributed by atoms with Gasteiger partial charge in [-0.1, -0.05) is 41.9 Å². The molecule has 0 bridgehead atoms. The molecular weight excluding hydrogens is 372 g/mol. The number of rotatable bonds is 5. The molecule has 3 aromatic rings. The van der Waals surface area contributed by atoms with Gasteiger partial charge in [-0.05, 0) is 54.8 Å². The van der Waals surface area contributed by atoms with Crippen molar-refractivity contribution in [2.75, 3.05) is 13.1 Å². The number of amides is 1. The number of hydrogen-bond acceptors (Lipinski definition) is 3. The van der Waals surface area contributed by atoms with Crippen LogP contribution in [0, 0.1) is 0 Å². The van der Waals surface area contributed by atoms with E-state index < -0.39 is 0 Å². The predicted molar refractivity (Wildman–Crippen MR) is 111 cm³/mol. The van der Waals surface area contributed by atoms with Crippen molar-refractivity contribution in [1.29, 1.82) is 0 Å². The van der Waals surface area contributed by atoms with Gasteiger partial charge in [-0.2, -0.15) is 0 Å². The summed E-state index contributed by atoms with van der Waals surface area (Å²) < 4.78 is 5.75. The van der Waals surface area contributed by atoms with Crippen molar-refractivity contribution in [3.8, 4) is 11.3 Å². The van der Waals surface area contributed by atoms with E-state index in [4.69, 9.17) is 16.0 Å². The van der Waals surface area contributed by atoms with Gasteiger partial charge in [0.2, 0.25) is 0 Å². The summed E-state index contributed by atoms with van der Waals surface area (Å²) in [7, 11) is 0. The van der Waals surface area contributed by atoms with Gasteiger partial charge in [-0.15, -0.1) is 0 Å². The summed E-state index contributed by atoms with van der Waals surface area (Å²) in [6, 6.07) is 21.6. The molecule has 1 aliphatic heterocycles. The van der Waals surface area contributed by atoms with Crippen molar-refractivity contribution in [3.05, 3.63) is 83.1 Å². The fraction of sp³-hybridized carbons (Fsp3) is 0.261. The molecule has 28 heavy (non-hydrogen) atoms. The summed E-state index contributed by atoms with van der Waals surface area (Å²) in [6.07, 6.45) is 1.90. The monoisotopic (exact) mass is 394 g/mol. The van der Waals surface area contributed by atoms with Crippen LogP contribution in [0.1, 0.15) is 29.0 Å². The van der Waals surface area contributed by atoms with Gasteiger partial charge < -0.3 is 9.73 Å². The van der Waals surface area contributed by atoms with E-state index in [1.807, 2.05) is 36.4 Å². The first-order valence-corrected chi connectivity index (χ1v) is 9.98. The maximum Gasteiger partial charge on any atom is 0.287 e. The van der Waals surface area contributed by atoms with E-state index in [2.05, 4.69) is 34.5 Å². The van der Waals surface area contributed by atoms with Crippen LogP contribution < -0.4 is 5.32 Å². The smallest absolute Gasteiger partial charge is 0.287 e. The van der Waals surface area contributed by atoms with Gasteiger partial charge in [0.05, 0.1) is 0 Å². The minimum Gasteiger partial charge on any atom is -0.451 e. The van der Waals surface area contributed by atoms with Crippen LogP contribution in [0.4, 0.5) is 0 Å². The fourth-order valence-electron chi connectivity index (χ4n) is 3.56. The van der Waals surface area contributed by atoms with E-state index in [1.165, 1.54) is 5.56 Å². The molecule has 1 fully saturated rings. The highest BCUT2D eigenvalue weighted by atomic mass is 35.5. The molecule has 1 amide bonds. The lowest BCUT2D eigenvalue weighted by molar-refractivity contribution is 0.0882. The van der Waals surface area contributed by atoms with Gasteiger partial charge in [0, 0.05) is 36.3 Å². The standard InChI is InChI=1S/C23H23ClN2O2/c24-19-8-6-18(7-9-19)21-10-11-22(28-21)23(27)25-20-12-14-26(15-13-20)16-17-4-2-1-3-5-17/h1-11,20H,12-16H2,(H,25,27). The molecule has 0 atom stereocenters. The zero-order chi connectivity index (χ0) is 19.3. The average Bonchev–Trinajstić information content (AvgIpc) is 3.21. The van der Waals surface area contributed by atoms with Crippen molar-refractivity contribution in [3.63, 3.8) is 0 Å². The Morgan fingerprint density at radius 2 is 1.71 bits per heavy atom. The first-order valence-electron chi connectivity index (χ1n) is 9.60. The summed E-state index contributed by atoms with van der Waals surface area (Å²) in [5.41, 5.74) is 2.23. The Morgan fingerprint density at radius 3 is 2.43 bits per heavy atom. The van der Waals surface area contributed by atoms with Crippen LogP contribution in [0.5, 0.6) is 0 Å². The number of nitrogens with zero attached hydrogens (tertiary/aromatic N) is 1. The second-order valence-electron chi connectivity index (χ2n) is 7.18. The summed E-state index contributed by atoms with van der Waals surface area (Å²) in [5.74, 6) is 0.859. The quantitative estimate of drug-likeness (QED) is 0.662. The first-order chi connectivity index (χ1) is 13.7.